The molecule has 1 aromatic rings. The Morgan fingerprint density at radius 1 is 1.38 bits per heavy atom. The van der Waals surface area contributed by atoms with E-state index in [1.165, 1.54) is 5.56 Å². The van der Waals surface area contributed by atoms with E-state index in [4.69, 9.17) is 16.3 Å². The fourth-order valence-electron chi connectivity index (χ4n) is 1.17. The number of halogens is 1. The lowest BCUT2D eigenvalue weighted by atomic mass is 10.1. The summed E-state index contributed by atoms with van der Waals surface area (Å²) in [6.45, 7) is 0. The molecule has 0 radical (unpaired) electrons. The molecule has 1 rings (SSSR count). The number of benzene rings is 1. The van der Waals surface area contributed by atoms with E-state index in [1.54, 1.807) is 7.11 Å². The van der Waals surface area contributed by atoms with E-state index in [0.29, 0.717) is 5.88 Å². The van der Waals surface area contributed by atoms with E-state index in [0.717, 1.165) is 5.75 Å². The summed E-state index contributed by atoms with van der Waals surface area (Å²) in [5.41, 5.74) is 1.18. The van der Waals surface area contributed by atoms with Gasteiger partial charge < -0.3 is 10.1 Å². The maximum absolute atomic E-state index is 5.78. The number of methoxy groups -OCH3 is 1. The summed E-state index contributed by atoms with van der Waals surface area (Å²) in [4.78, 5) is 0. The number of hydrogen-bond donors (Lipinski definition) is 1. The molecule has 0 aliphatic rings. The van der Waals surface area contributed by atoms with Gasteiger partial charge in [-0.1, -0.05) is 12.1 Å². The second-order valence-electron chi connectivity index (χ2n) is 2.77. The van der Waals surface area contributed by atoms with Crippen LogP contribution in [0.4, 0.5) is 0 Å². The minimum absolute atomic E-state index is 0.215. The van der Waals surface area contributed by atoms with Crippen LogP contribution in [0.3, 0.4) is 0 Å². The van der Waals surface area contributed by atoms with Crippen LogP contribution in [0, 0.1) is 0 Å². The summed E-state index contributed by atoms with van der Waals surface area (Å²) in [5, 5.41) is 3.13. The summed E-state index contributed by atoms with van der Waals surface area (Å²) in [7, 11) is 3.56. The van der Waals surface area contributed by atoms with Gasteiger partial charge in [-0.2, -0.15) is 0 Å². The van der Waals surface area contributed by atoms with E-state index in [-0.39, 0.29) is 6.04 Å². The molecule has 0 heterocycles. The topological polar surface area (TPSA) is 21.3 Å². The molecule has 0 spiro atoms. The van der Waals surface area contributed by atoms with E-state index in [2.05, 4.69) is 5.32 Å². The standard InChI is InChI=1S/C10H14ClNO/c1-12-10(7-11)8-3-5-9(13-2)6-4-8/h3-6,10,12H,7H2,1-2H3. The smallest absolute Gasteiger partial charge is 0.118 e. The van der Waals surface area contributed by atoms with Gasteiger partial charge in [0.25, 0.3) is 0 Å². The first-order valence-corrected chi connectivity index (χ1v) is 4.72. The largest absolute Gasteiger partial charge is 0.497 e. The summed E-state index contributed by atoms with van der Waals surface area (Å²) < 4.78 is 5.06. The SMILES string of the molecule is CNC(CCl)c1ccc(OC)cc1. The highest BCUT2D eigenvalue weighted by Gasteiger charge is 2.06. The fraction of sp³-hybridized carbons (Fsp3) is 0.400. The number of rotatable bonds is 4. The first-order chi connectivity index (χ1) is 6.31. The van der Waals surface area contributed by atoms with Crippen molar-refractivity contribution < 1.29 is 4.74 Å². The van der Waals surface area contributed by atoms with Crippen LogP contribution in [0.5, 0.6) is 5.75 Å². The van der Waals surface area contributed by atoms with E-state index in [1.807, 2.05) is 31.3 Å². The third-order valence-electron chi connectivity index (χ3n) is 2.02. The van der Waals surface area contributed by atoms with Crippen LogP contribution in [-0.4, -0.2) is 20.0 Å². The molecule has 0 bridgehead atoms. The Hall–Kier alpha value is -0.730. The van der Waals surface area contributed by atoms with Crippen molar-refractivity contribution in [2.24, 2.45) is 0 Å². The molecule has 0 saturated carbocycles. The Bertz CT molecular complexity index is 244. The molecule has 0 saturated heterocycles. The Morgan fingerprint density at radius 2 is 2.00 bits per heavy atom. The van der Waals surface area contributed by atoms with Gasteiger partial charge in [0.15, 0.2) is 0 Å². The maximum Gasteiger partial charge on any atom is 0.118 e. The third-order valence-corrected chi connectivity index (χ3v) is 2.33. The minimum Gasteiger partial charge on any atom is -0.497 e. The third kappa shape index (κ3) is 2.61. The van der Waals surface area contributed by atoms with Crippen molar-refractivity contribution in [3.8, 4) is 5.75 Å². The van der Waals surface area contributed by atoms with Crippen LogP contribution in [0.2, 0.25) is 0 Å². The van der Waals surface area contributed by atoms with Crippen molar-refractivity contribution in [2.75, 3.05) is 20.0 Å². The van der Waals surface area contributed by atoms with Crippen molar-refractivity contribution in [3.05, 3.63) is 29.8 Å². The molecular formula is C10H14ClNO. The summed E-state index contributed by atoms with van der Waals surface area (Å²) in [5.74, 6) is 1.44. The molecule has 72 valence electrons. The van der Waals surface area contributed by atoms with Crippen LogP contribution in [0.25, 0.3) is 0 Å². The first kappa shape index (κ1) is 10.4. The fourth-order valence-corrected chi connectivity index (χ4v) is 1.50. The molecule has 3 heteroatoms. The molecule has 0 aliphatic heterocycles. The molecule has 1 N–H and O–H groups in total. The van der Waals surface area contributed by atoms with Crippen LogP contribution in [0.1, 0.15) is 11.6 Å². The molecule has 1 atom stereocenters. The summed E-state index contributed by atoms with van der Waals surface area (Å²) in [6, 6.07) is 8.12. The summed E-state index contributed by atoms with van der Waals surface area (Å²) >= 11 is 5.78. The van der Waals surface area contributed by atoms with Crippen LogP contribution in [-0.2, 0) is 0 Å². The monoisotopic (exact) mass is 199 g/mol. The van der Waals surface area contributed by atoms with Crippen LogP contribution >= 0.6 is 11.6 Å². The van der Waals surface area contributed by atoms with Gasteiger partial charge in [0, 0.05) is 11.9 Å². The van der Waals surface area contributed by atoms with Gasteiger partial charge >= 0.3 is 0 Å². The van der Waals surface area contributed by atoms with Crippen LogP contribution in [0.15, 0.2) is 24.3 Å². The number of ether oxygens (including phenoxy) is 1. The average Bonchev–Trinajstić information content (AvgIpc) is 2.21. The molecule has 0 amide bonds. The van der Waals surface area contributed by atoms with Gasteiger partial charge in [-0.15, -0.1) is 11.6 Å². The lowest BCUT2D eigenvalue weighted by Gasteiger charge is -2.13. The Balaban J connectivity index is 2.78. The zero-order valence-corrected chi connectivity index (χ0v) is 8.64. The predicted octanol–water partition coefficient (Wildman–Crippen LogP) is 2.19. The Kier molecular flexibility index (Phi) is 4.06. The van der Waals surface area contributed by atoms with Gasteiger partial charge in [0.1, 0.15) is 5.75 Å². The molecule has 0 aromatic heterocycles. The van der Waals surface area contributed by atoms with Crippen molar-refractivity contribution in [3.63, 3.8) is 0 Å². The molecule has 1 unspecified atom stereocenters. The zero-order valence-electron chi connectivity index (χ0n) is 7.88. The number of alkyl halides is 1. The average molecular weight is 200 g/mol. The van der Waals surface area contributed by atoms with Crippen molar-refractivity contribution in [1.82, 2.24) is 5.32 Å². The highest BCUT2D eigenvalue weighted by molar-refractivity contribution is 6.18. The van der Waals surface area contributed by atoms with Crippen LogP contribution < -0.4 is 10.1 Å². The first-order valence-electron chi connectivity index (χ1n) is 4.19. The molecule has 0 aliphatic carbocycles. The van der Waals surface area contributed by atoms with E-state index < -0.39 is 0 Å². The predicted molar refractivity (Wildman–Crippen MR) is 55.5 cm³/mol. The highest BCUT2D eigenvalue weighted by Crippen LogP contribution is 2.17. The highest BCUT2D eigenvalue weighted by atomic mass is 35.5. The Morgan fingerprint density at radius 3 is 2.38 bits per heavy atom. The number of nitrogens with one attached hydrogen (secondary N) is 1. The van der Waals surface area contributed by atoms with Crippen molar-refractivity contribution in [2.45, 2.75) is 6.04 Å². The zero-order chi connectivity index (χ0) is 9.68. The van der Waals surface area contributed by atoms with Gasteiger partial charge in [-0.05, 0) is 24.7 Å². The van der Waals surface area contributed by atoms with E-state index >= 15 is 0 Å². The van der Waals surface area contributed by atoms with Gasteiger partial charge in [-0.3, -0.25) is 0 Å². The maximum atomic E-state index is 5.78. The molecule has 1 aromatic carbocycles. The minimum atomic E-state index is 0.215. The molecule has 2 nitrogen and oxygen atoms in total. The van der Waals surface area contributed by atoms with E-state index in [9.17, 15) is 0 Å². The normalized spacial score (nSPS) is 12.5. The number of hydrogen-bond acceptors (Lipinski definition) is 2. The molecule has 13 heavy (non-hydrogen) atoms. The summed E-state index contributed by atoms with van der Waals surface area (Å²) in [6.07, 6.45) is 0. The van der Waals surface area contributed by atoms with Gasteiger partial charge in [-0.25, -0.2) is 0 Å². The van der Waals surface area contributed by atoms with Crippen molar-refractivity contribution >= 4 is 11.6 Å². The second-order valence-corrected chi connectivity index (χ2v) is 3.08. The van der Waals surface area contributed by atoms with Crippen molar-refractivity contribution in [1.29, 1.82) is 0 Å². The second kappa shape index (κ2) is 5.10. The quantitative estimate of drug-likeness (QED) is 0.751. The molecule has 0 fully saturated rings. The van der Waals surface area contributed by atoms with Gasteiger partial charge in [0.05, 0.1) is 7.11 Å². The Labute approximate surface area is 83.9 Å². The molecular weight excluding hydrogens is 186 g/mol. The van der Waals surface area contributed by atoms with Gasteiger partial charge in [0.2, 0.25) is 0 Å². The lowest BCUT2D eigenvalue weighted by Crippen LogP contribution is -2.17. The lowest BCUT2D eigenvalue weighted by molar-refractivity contribution is 0.414.